The summed E-state index contributed by atoms with van der Waals surface area (Å²) in [6, 6.07) is 0. The summed E-state index contributed by atoms with van der Waals surface area (Å²) < 4.78 is 1.80. The molecule has 0 spiro atoms. The maximum absolute atomic E-state index is 12.1. The van der Waals surface area contributed by atoms with Gasteiger partial charge in [0.25, 0.3) is 0 Å². The largest absolute Gasteiger partial charge is 0.481 e. The fourth-order valence-corrected chi connectivity index (χ4v) is 2.51. The van der Waals surface area contributed by atoms with Gasteiger partial charge in [-0.1, -0.05) is 0 Å². The molecule has 116 valence electrons. The lowest BCUT2D eigenvalue weighted by molar-refractivity contribution is -0.145. The van der Waals surface area contributed by atoms with Crippen LogP contribution in [0.2, 0.25) is 0 Å². The second kappa shape index (κ2) is 6.71. The van der Waals surface area contributed by atoms with E-state index in [9.17, 15) is 9.59 Å². The molecular formula is C14H22N4O3. The van der Waals surface area contributed by atoms with Crippen LogP contribution in [0.1, 0.15) is 24.1 Å². The van der Waals surface area contributed by atoms with Crippen molar-refractivity contribution in [2.75, 3.05) is 19.6 Å². The fraction of sp³-hybridized carbons (Fsp3) is 0.643. The number of rotatable bonds is 5. The van der Waals surface area contributed by atoms with E-state index in [0.717, 1.165) is 11.3 Å². The van der Waals surface area contributed by atoms with Gasteiger partial charge < -0.3 is 15.3 Å². The number of hydrogen-bond donors (Lipinski definition) is 2. The summed E-state index contributed by atoms with van der Waals surface area (Å²) in [5, 5.41) is 16.2. The Hall–Kier alpha value is -1.89. The summed E-state index contributed by atoms with van der Waals surface area (Å²) >= 11 is 0. The second-order valence-corrected chi connectivity index (χ2v) is 5.48. The first-order valence-corrected chi connectivity index (χ1v) is 7.17. The Kier molecular flexibility index (Phi) is 4.95. The quantitative estimate of drug-likeness (QED) is 0.806. The third-order valence-electron chi connectivity index (χ3n) is 4.13. The highest BCUT2D eigenvalue weighted by atomic mass is 16.4. The molecule has 0 atom stereocenters. The molecule has 1 aromatic heterocycles. The van der Waals surface area contributed by atoms with Gasteiger partial charge >= 0.3 is 5.97 Å². The molecule has 7 nitrogen and oxygen atoms in total. The molecule has 2 rings (SSSR count). The first-order chi connectivity index (χ1) is 9.99. The monoisotopic (exact) mass is 294 g/mol. The number of nitrogens with zero attached hydrogens (tertiary/aromatic N) is 3. The van der Waals surface area contributed by atoms with Crippen molar-refractivity contribution >= 4 is 11.9 Å². The van der Waals surface area contributed by atoms with Crippen molar-refractivity contribution in [2.24, 2.45) is 13.0 Å². The molecule has 21 heavy (non-hydrogen) atoms. The van der Waals surface area contributed by atoms with Crippen LogP contribution in [-0.4, -0.2) is 51.3 Å². The Morgan fingerprint density at radius 2 is 2.10 bits per heavy atom. The number of carboxylic acids is 1. The van der Waals surface area contributed by atoms with Crippen molar-refractivity contribution in [3.8, 4) is 0 Å². The molecule has 1 aliphatic heterocycles. The van der Waals surface area contributed by atoms with Crippen LogP contribution < -0.4 is 5.32 Å². The minimum Gasteiger partial charge on any atom is -0.481 e. The van der Waals surface area contributed by atoms with Crippen LogP contribution in [0.15, 0.2) is 6.20 Å². The Labute approximate surface area is 123 Å². The lowest BCUT2D eigenvalue weighted by Gasteiger charge is -2.30. The van der Waals surface area contributed by atoms with Crippen LogP contribution in [-0.2, 0) is 23.2 Å². The van der Waals surface area contributed by atoms with E-state index in [2.05, 4.69) is 10.4 Å². The van der Waals surface area contributed by atoms with Crippen LogP contribution >= 0.6 is 0 Å². The van der Waals surface area contributed by atoms with Gasteiger partial charge in [-0.15, -0.1) is 0 Å². The molecule has 1 amide bonds. The zero-order valence-electron chi connectivity index (χ0n) is 12.5. The Balaban J connectivity index is 1.73. The van der Waals surface area contributed by atoms with Crippen LogP contribution in [0.4, 0.5) is 0 Å². The average molecular weight is 294 g/mol. The average Bonchev–Trinajstić information content (AvgIpc) is 2.79. The first kappa shape index (κ1) is 15.5. The lowest BCUT2D eigenvalue weighted by Crippen LogP contribution is -2.44. The third-order valence-corrected chi connectivity index (χ3v) is 4.13. The predicted octanol–water partition coefficient (Wildman–Crippen LogP) is 0.141. The molecule has 2 N–H and O–H groups in total. The zero-order valence-corrected chi connectivity index (χ0v) is 12.5. The van der Waals surface area contributed by atoms with E-state index in [1.54, 1.807) is 15.8 Å². The van der Waals surface area contributed by atoms with Crippen molar-refractivity contribution in [2.45, 2.75) is 26.3 Å². The number of aliphatic carboxylic acids is 1. The third kappa shape index (κ3) is 3.81. The van der Waals surface area contributed by atoms with Crippen molar-refractivity contribution in [3.63, 3.8) is 0 Å². The van der Waals surface area contributed by atoms with Gasteiger partial charge in [-0.3, -0.25) is 14.3 Å². The molecule has 1 saturated heterocycles. The van der Waals surface area contributed by atoms with Crippen LogP contribution in [0.25, 0.3) is 0 Å². The maximum Gasteiger partial charge on any atom is 0.306 e. The van der Waals surface area contributed by atoms with Crippen molar-refractivity contribution < 1.29 is 14.7 Å². The molecule has 0 bridgehead atoms. The van der Waals surface area contributed by atoms with Gasteiger partial charge in [0.15, 0.2) is 0 Å². The maximum atomic E-state index is 12.1. The highest BCUT2D eigenvalue weighted by Crippen LogP contribution is 2.17. The SMILES string of the molecule is Cc1c(CNCC(=O)N2CCC(C(=O)O)CC2)cnn1C. The number of carbonyl (C=O) groups is 2. The zero-order chi connectivity index (χ0) is 15.4. The molecule has 2 heterocycles. The molecule has 0 radical (unpaired) electrons. The van der Waals surface area contributed by atoms with Gasteiger partial charge in [-0.25, -0.2) is 0 Å². The van der Waals surface area contributed by atoms with Gasteiger partial charge in [-0.2, -0.15) is 5.10 Å². The van der Waals surface area contributed by atoms with E-state index < -0.39 is 5.97 Å². The number of aryl methyl sites for hydroxylation is 1. The summed E-state index contributed by atoms with van der Waals surface area (Å²) in [5.74, 6) is -1.03. The van der Waals surface area contributed by atoms with Crippen molar-refractivity contribution in [1.29, 1.82) is 0 Å². The number of carboxylic acid groups (broad SMARTS) is 1. The minimum atomic E-state index is -0.757. The smallest absolute Gasteiger partial charge is 0.306 e. The van der Waals surface area contributed by atoms with Gasteiger partial charge in [0.2, 0.25) is 5.91 Å². The van der Waals surface area contributed by atoms with E-state index in [1.807, 2.05) is 14.0 Å². The summed E-state index contributed by atoms with van der Waals surface area (Å²) in [5.41, 5.74) is 2.16. The van der Waals surface area contributed by atoms with E-state index in [4.69, 9.17) is 5.11 Å². The van der Waals surface area contributed by atoms with E-state index in [1.165, 1.54) is 0 Å². The molecule has 1 aliphatic rings. The lowest BCUT2D eigenvalue weighted by atomic mass is 9.97. The number of nitrogens with one attached hydrogen (secondary N) is 1. The van der Waals surface area contributed by atoms with Gasteiger partial charge in [-0.05, 0) is 19.8 Å². The van der Waals surface area contributed by atoms with E-state index in [-0.39, 0.29) is 18.4 Å². The van der Waals surface area contributed by atoms with Crippen molar-refractivity contribution in [1.82, 2.24) is 20.0 Å². The highest BCUT2D eigenvalue weighted by molar-refractivity contribution is 5.78. The van der Waals surface area contributed by atoms with Crippen LogP contribution in [0, 0.1) is 12.8 Å². The minimum absolute atomic E-state index is 0.0281. The number of likely N-dealkylation sites (tertiary alicyclic amines) is 1. The number of amides is 1. The molecular weight excluding hydrogens is 272 g/mol. The summed E-state index contributed by atoms with van der Waals surface area (Å²) in [7, 11) is 1.89. The standard InChI is InChI=1S/C14H22N4O3/c1-10-12(8-16-17(10)2)7-15-9-13(19)18-5-3-11(4-6-18)14(20)21/h8,11,15H,3-7,9H2,1-2H3,(H,20,21). The van der Waals surface area contributed by atoms with E-state index in [0.29, 0.717) is 32.5 Å². The Morgan fingerprint density at radius 3 is 2.62 bits per heavy atom. The topological polar surface area (TPSA) is 87.5 Å². The molecule has 1 aromatic rings. The second-order valence-electron chi connectivity index (χ2n) is 5.48. The van der Waals surface area contributed by atoms with Crippen LogP contribution in [0.3, 0.4) is 0 Å². The number of piperidine rings is 1. The number of carbonyl (C=O) groups excluding carboxylic acids is 1. The molecule has 0 saturated carbocycles. The highest BCUT2D eigenvalue weighted by Gasteiger charge is 2.26. The molecule has 0 unspecified atom stereocenters. The molecule has 1 fully saturated rings. The Bertz CT molecular complexity index is 518. The summed E-state index contributed by atoms with van der Waals surface area (Å²) in [4.78, 5) is 24.7. The normalized spacial score (nSPS) is 16.2. The van der Waals surface area contributed by atoms with E-state index >= 15 is 0 Å². The fourth-order valence-electron chi connectivity index (χ4n) is 2.51. The molecule has 0 aromatic carbocycles. The van der Waals surface area contributed by atoms with Gasteiger partial charge in [0.05, 0.1) is 18.7 Å². The number of aromatic nitrogens is 2. The number of hydrogen-bond acceptors (Lipinski definition) is 4. The molecule has 7 heteroatoms. The van der Waals surface area contributed by atoms with Crippen molar-refractivity contribution in [3.05, 3.63) is 17.5 Å². The first-order valence-electron chi connectivity index (χ1n) is 7.17. The summed E-state index contributed by atoms with van der Waals surface area (Å²) in [6.45, 7) is 3.93. The summed E-state index contributed by atoms with van der Waals surface area (Å²) in [6.07, 6.45) is 2.89. The Morgan fingerprint density at radius 1 is 1.43 bits per heavy atom. The van der Waals surface area contributed by atoms with Crippen LogP contribution in [0.5, 0.6) is 0 Å². The predicted molar refractivity (Wildman–Crippen MR) is 76.6 cm³/mol. The molecule has 0 aliphatic carbocycles. The van der Waals surface area contributed by atoms with Gasteiger partial charge in [0.1, 0.15) is 0 Å². The van der Waals surface area contributed by atoms with Gasteiger partial charge in [0, 0.05) is 37.9 Å².